The van der Waals surface area contributed by atoms with E-state index in [1.54, 1.807) is 0 Å². The normalized spacial score (nSPS) is 52.1. The van der Waals surface area contributed by atoms with Gasteiger partial charge in [-0.1, -0.05) is 20.8 Å². The van der Waals surface area contributed by atoms with E-state index in [0.29, 0.717) is 31.5 Å². The average molecular weight is 493 g/mol. The molecule has 200 valence electrons. The van der Waals surface area contributed by atoms with E-state index in [9.17, 15) is 15.0 Å². The fraction of sp³-hybridized carbons (Fsp3) is 0.966. The highest BCUT2D eigenvalue weighted by Crippen LogP contribution is 2.69. The summed E-state index contributed by atoms with van der Waals surface area (Å²) in [5.74, 6) is 1.16. The Morgan fingerprint density at radius 2 is 1.86 bits per heavy atom. The van der Waals surface area contributed by atoms with Crippen LogP contribution in [0.25, 0.3) is 0 Å². The van der Waals surface area contributed by atoms with Crippen LogP contribution in [0.2, 0.25) is 0 Å². The van der Waals surface area contributed by atoms with E-state index in [-0.39, 0.29) is 41.5 Å². The van der Waals surface area contributed by atoms with Crippen LogP contribution in [0, 0.1) is 40.4 Å². The van der Waals surface area contributed by atoms with Crippen LogP contribution >= 0.6 is 0 Å². The van der Waals surface area contributed by atoms with Gasteiger partial charge in [0.1, 0.15) is 0 Å². The number of rotatable bonds is 6. The Morgan fingerprint density at radius 1 is 1.06 bits per heavy atom. The van der Waals surface area contributed by atoms with E-state index in [4.69, 9.17) is 14.2 Å². The second-order valence-electron chi connectivity index (χ2n) is 13.2. The largest absolute Gasteiger partial charge is 0.465 e. The molecule has 3 saturated carbocycles. The first kappa shape index (κ1) is 25.9. The number of fused-ring (bicyclic) bond motifs is 3. The molecular formula is C29H48O6. The highest BCUT2D eigenvalue weighted by molar-refractivity contribution is 5.71. The zero-order valence-electron chi connectivity index (χ0n) is 22.3. The third-order valence-electron chi connectivity index (χ3n) is 11.7. The quantitative estimate of drug-likeness (QED) is 0.408. The fourth-order valence-corrected chi connectivity index (χ4v) is 9.37. The van der Waals surface area contributed by atoms with Crippen LogP contribution in [-0.4, -0.2) is 53.5 Å². The molecule has 6 heteroatoms. The zero-order valence-corrected chi connectivity index (χ0v) is 22.3. The molecule has 11 atom stereocenters. The van der Waals surface area contributed by atoms with Crippen molar-refractivity contribution in [1.82, 2.24) is 0 Å². The fourth-order valence-electron chi connectivity index (χ4n) is 9.37. The van der Waals surface area contributed by atoms with Crippen molar-refractivity contribution in [2.75, 3.05) is 13.2 Å². The number of ether oxygens (including phenoxy) is 3. The van der Waals surface area contributed by atoms with E-state index in [1.807, 2.05) is 0 Å². The summed E-state index contributed by atoms with van der Waals surface area (Å²) in [4.78, 5) is 11.9. The second kappa shape index (κ2) is 9.56. The van der Waals surface area contributed by atoms with Crippen molar-refractivity contribution in [2.45, 2.75) is 122 Å². The molecule has 0 aromatic heterocycles. The van der Waals surface area contributed by atoms with Gasteiger partial charge in [0, 0.05) is 17.9 Å². The molecule has 2 N–H and O–H groups in total. The van der Waals surface area contributed by atoms with Gasteiger partial charge in [-0.05, 0) is 100 Å². The molecule has 0 bridgehead atoms. The van der Waals surface area contributed by atoms with Crippen molar-refractivity contribution in [3.63, 3.8) is 0 Å². The number of hydrogen-bond donors (Lipinski definition) is 2. The first-order chi connectivity index (χ1) is 16.6. The van der Waals surface area contributed by atoms with Gasteiger partial charge in [0.15, 0.2) is 6.29 Å². The Labute approximate surface area is 211 Å². The maximum Gasteiger partial charge on any atom is 0.306 e. The molecule has 2 saturated heterocycles. The lowest BCUT2D eigenvalue weighted by atomic mass is 9.43. The summed E-state index contributed by atoms with van der Waals surface area (Å²) in [5.41, 5.74) is -1.39. The lowest BCUT2D eigenvalue weighted by Crippen LogP contribution is -2.66. The van der Waals surface area contributed by atoms with Gasteiger partial charge >= 0.3 is 5.97 Å². The summed E-state index contributed by atoms with van der Waals surface area (Å²) >= 11 is 0. The van der Waals surface area contributed by atoms with Gasteiger partial charge in [-0.2, -0.15) is 0 Å². The summed E-state index contributed by atoms with van der Waals surface area (Å²) in [6, 6.07) is 0. The Kier molecular flexibility index (Phi) is 7.09. The molecule has 4 unspecified atom stereocenters. The van der Waals surface area contributed by atoms with Crippen LogP contribution in [0.15, 0.2) is 0 Å². The van der Waals surface area contributed by atoms with E-state index in [2.05, 4.69) is 27.7 Å². The minimum atomic E-state index is -0.879. The van der Waals surface area contributed by atoms with Crippen molar-refractivity contribution in [1.29, 1.82) is 0 Å². The molecule has 0 amide bonds. The third-order valence-corrected chi connectivity index (χ3v) is 11.7. The number of cyclic esters (lactones) is 1. The highest BCUT2D eigenvalue weighted by Gasteiger charge is 2.70. The molecule has 0 aromatic rings. The SMILES string of the molecule is C[C@@H]1CCCC(OCCC[C@]2(C)C3C[C@@H](O)[C@]4(C)[C@@H](C5COC(=O)C5)CC[C@]4(O)C3CC[C@@H]2C)O1. The molecule has 5 rings (SSSR count). The molecule has 2 aliphatic heterocycles. The lowest BCUT2D eigenvalue weighted by Gasteiger charge is -2.63. The predicted molar refractivity (Wildman–Crippen MR) is 132 cm³/mol. The van der Waals surface area contributed by atoms with Crippen LogP contribution in [0.1, 0.15) is 98.3 Å². The third kappa shape index (κ3) is 4.19. The molecule has 5 aliphatic rings. The standard InChI is InChI=1S/C29H48O6/c1-18-9-10-22-23(27(18,3)12-6-14-33-26-8-5-7-19(2)35-26)16-24(30)28(4)21(11-13-29(22,28)32)20-15-25(31)34-17-20/h18-24,26,30,32H,5-17H2,1-4H3/t18-,19+,20?,21+,22?,23?,24+,26?,27-,28-,29-/m0/s1. The van der Waals surface area contributed by atoms with E-state index >= 15 is 0 Å². The average Bonchev–Trinajstić information content (AvgIpc) is 3.36. The Bertz CT molecular complexity index is 787. The minimum Gasteiger partial charge on any atom is -0.465 e. The summed E-state index contributed by atoms with van der Waals surface area (Å²) in [6.45, 7) is 10.2. The second-order valence-corrected chi connectivity index (χ2v) is 13.2. The monoisotopic (exact) mass is 492 g/mol. The zero-order chi connectivity index (χ0) is 25.0. The first-order valence-electron chi connectivity index (χ1n) is 14.4. The number of carbonyl (C=O) groups excluding carboxylic acids is 1. The maximum atomic E-state index is 12.4. The van der Waals surface area contributed by atoms with Gasteiger partial charge in [0.05, 0.1) is 30.8 Å². The first-order valence-corrected chi connectivity index (χ1v) is 14.4. The molecule has 0 aromatic carbocycles. The van der Waals surface area contributed by atoms with Crippen molar-refractivity contribution in [3.8, 4) is 0 Å². The summed E-state index contributed by atoms with van der Waals surface area (Å²) in [6.07, 6.45) is 9.86. The highest BCUT2D eigenvalue weighted by atomic mass is 16.7. The molecule has 35 heavy (non-hydrogen) atoms. The van der Waals surface area contributed by atoms with Gasteiger partial charge in [-0.15, -0.1) is 0 Å². The summed E-state index contributed by atoms with van der Waals surface area (Å²) < 4.78 is 17.3. The minimum absolute atomic E-state index is 0.0650. The Morgan fingerprint density at radius 3 is 2.57 bits per heavy atom. The Balaban J connectivity index is 1.29. The predicted octanol–water partition coefficient (Wildman–Crippen LogP) is 4.84. The smallest absolute Gasteiger partial charge is 0.306 e. The number of carbonyl (C=O) groups is 1. The van der Waals surface area contributed by atoms with Crippen LogP contribution in [0.3, 0.4) is 0 Å². The van der Waals surface area contributed by atoms with Crippen LogP contribution in [0.4, 0.5) is 0 Å². The molecule has 2 heterocycles. The molecule has 0 spiro atoms. The van der Waals surface area contributed by atoms with Crippen molar-refractivity contribution in [3.05, 3.63) is 0 Å². The van der Waals surface area contributed by atoms with Gasteiger partial charge in [-0.3, -0.25) is 4.79 Å². The van der Waals surface area contributed by atoms with Crippen molar-refractivity contribution in [2.24, 2.45) is 40.4 Å². The van der Waals surface area contributed by atoms with E-state index in [0.717, 1.165) is 57.8 Å². The van der Waals surface area contributed by atoms with Crippen LogP contribution < -0.4 is 0 Å². The van der Waals surface area contributed by atoms with E-state index < -0.39 is 17.1 Å². The number of esters is 1. The number of aliphatic hydroxyl groups excluding tert-OH is 1. The number of aliphatic hydroxyl groups is 2. The van der Waals surface area contributed by atoms with Gasteiger partial charge in [0.25, 0.3) is 0 Å². The van der Waals surface area contributed by atoms with Crippen LogP contribution in [0.5, 0.6) is 0 Å². The molecule has 3 aliphatic carbocycles. The molecule has 5 fully saturated rings. The van der Waals surface area contributed by atoms with E-state index in [1.165, 1.54) is 6.42 Å². The van der Waals surface area contributed by atoms with Gasteiger partial charge in [0.2, 0.25) is 0 Å². The number of hydrogen-bond acceptors (Lipinski definition) is 6. The van der Waals surface area contributed by atoms with Gasteiger partial charge in [-0.25, -0.2) is 0 Å². The van der Waals surface area contributed by atoms with Gasteiger partial charge < -0.3 is 24.4 Å². The maximum absolute atomic E-state index is 12.4. The van der Waals surface area contributed by atoms with Crippen molar-refractivity contribution >= 4 is 5.97 Å². The molecule has 6 nitrogen and oxygen atoms in total. The molecule has 0 radical (unpaired) electrons. The topological polar surface area (TPSA) is 85.2 Å². The van der Waals surface area contributed by atoms with Crippen LogP contribution in [-0.2, 0) is 19.0 Å². The van der Waals surface area contributed by atoms with Crippen molar-refractivity contribution < 1.29 is 29.2 Å². The Hall–Kier alpha value is -0.690. The summed E-state index contributed by atoms with van der Waals surface area (Å²) in [5, 5.41) is 24.1. The lowest BCUT2D eigenvalue weighted by molar-refractivity contribution is -0.245. The summed E-state index contributed by atoms with van der Waals surface area (Å²) in [7, 11) is 0. The molecular weight excluding hydrogens is 444 g/mol.